The van der Waals surface area contributed by atoms with Gasteiger partial charge in [0, 0.05) is 16.4 Å². The molecule has 0 aliphatic rings. The van der Waals surface area contributed by atoms with E-state index in [1.165, 1.54) is 10.6 Å². The van der Waals surface area contributed by atoms with Crippen molar-refractivity contribution in [3.05, 3.63) is 51.8 Å². The minimum Gasteiger partial charge on any atom is -0.462 e. The zero-order valence-corrected chi connectivity index (χ0v) is 17.7. The number of rotatable bonds is 7. The smallest absolute Gasteiger partial charge is 0.418 e. The van der Waals surface area contributed by atoms with Gasteiger partial charge in [0.05, 0.1) is 23.4 Å². The summed E-state index contributed by atoms with van der Waals surface area (Å²) in [5, 5.41) is 1.91. The number of carbonyl (C=O) groups excluding carboxylic acids is 3. The van der Waals surface area contributed by atoms with Crippen molar-refractivity contribution in [2.24, 2.45) is 0 Å². The van der Waals surface area contributed by atoms with Crippen LogP contribution in [0.25, 0.3) is 0 Å². The maximum absolute atomic E-state index is 13.1. The Kier molecular flexibility index (Phi) is 7.72. The summed E-state index contributed by atoms with van der Waals surface area (Å²) in [5.74, 6) is -2.29. The van der Waals surface area contributed by atoms with Gasteiger partial charge in [-0.3, -0.25) is 9.59 Å². The molecule has 11 heteroatoms. The van der Waals surface area contributed by atoms with E-state index < -0.39 is 41.9 Å². The standard InChI is InChI=1S/C20H20ClF3N2O5/c1-4-30-19(29)14-7-11(2)26(12(14)3)9-18(28)31-10-17(27)25-16-6-5-13(21)8-15(16)20(22,23)24/h5-8H,4,9-10H2,1-3H3,(H,25,27). The van der Waals surface area contributed by atoms with Crippen LogP contribution < -0.4 is 5.32 Å². The van der Waals surface area contributed by atoms with Crippen LogP contribution >= 0.6 is 11.6 Å². The molecule has 0 radical (unpaired) electrons. The Bertz CT molecular complexity index is 1000. The van der Waals surface area contributed by atoms with Gasteiger partial charge in [0.15, 0.2) is 6.61 Å². The van der Waals surface area contributed by atoms with Gasteiger partial charge in [-0.1, -0.05) is 11.6 Å². The molecule has 1 heterocycles. The number of halogens is 4. The Hall–Kier alpha value is -3.01. The van der Waals surface area contributed by atoms with Crippen molar-refractivity contribution >= 4 is 35.1 Å². The Morgan fingerprint density at radius 3 is 2.42 bits per heavy atom. The van der Waals surface area contributed by atoms with Crippen molar-refractivity contribution < 1.29 is 37.0 Å². The lowest BCUT2D eigenvalue weighted by atomic mass is 10.1. The highest BCUT2D eigenvalue weighted by Crippen LogP contribution is 2.36. The number of aromatic nitrogens is 1. The number of alkyl halides is 3. The molecule has 0 bridgehead atoms. The molecule has 0 aliphatic heterocycles. The molecule has 1 amide bonds. The normalized spacial score (nSPS) is 11.2. The summed E-state index contributed by atoms with van der Waals surface area (Å²) < 4.78 is 50.6. The average molecular weight is 461 g/mol. The highest BCUT2D eigenvalue weighted by Gasteiger charge is 2.34. The fourth-order valence-electron chi connectivity index (χ4n) is 2.83. The zero-order valence-electron chi connectivity index (χ0n) is 16.9. The van der Waals surface area contributed by atoms with Crippen LogP contribution in [0, 0.1) is 13.8 Å². The molecule has 0 saturated heterocycles. The van der Waals surface area contributed by atoms with E-state index in [2.05, 4.69) is 5.32 Å². The maximum atomic E-state index is 13.1. The Morgan fingerprint density at radius 1 is 1.13 bits per heavy atom. The van der Waals surface area contributed by atoms with E-state index >= 15 is 0 Å². The summed E-state index contributed by atoms with van der Waals surface area (Å²) in [4.78, 5) is 36.0. The quantitative estimate of drug-likeness (QED) is 0.628. The second-order valence-corrected chi connectivity index (χ2v) is 6.92. The monoisotopic (exact) mass is 460 g/mol. The number of ether oxygens (including phenoxy) is 2. The first-order valence-corrected chi connectivity index (χ1v) is 9.47. The Balaban J connectivity index is 2.00. The Morgan fingerprint density at radius 2 is 1.81 bits per heavy atom. The van der Waals surface area contributed by atoms with Gasteiger partial charge < -0.3 is 19.4 Å². The van der Waals surface area contributed by atoms with Crippen molar-refractivity contribution in [3.8, 4) is 0 Å². The number of anilines is 1. The second-order valence-electron chi connectivity index (χ2n) is 6.49. The summed E-state index contributed by atoms with van der Waals surface area (Å²) in [7, 11) is 0. The maximum Gasteiger partial charge on any atom is 0.418 e. The molecular formula is C20H20ClF3N2O5. The lowest BCUT2D eigenvalue weighted by molar-refractivity contribution is -0.148. The van der Waals surface area contributed by atoms with Crippen molar-refractivity contribution in [1.82, 2.24) is 4.57 Å². The highest BCUT2D eigenvalue weighted by molar-refractivity contribution is 6.30. The van der Waals surface area contributed by atoms with Crippen LogP contribution in [-0.4, -0.2) is 35.6 Å². The van der Waals surface area contributed by atoms with Gasteiger partial charge in [-0.2, -0.15) is 13.2 Å². The van der Waals surface area contributed by atoms with E-state index in [0.717, 1.165) is 6.07 Å². The number of benzene rings is 1. The lowest BCUT2D eigenvalue weighted by Crippen LogP contribution is -2.24. The first-order chi connectivity index (χ1) is 14.4. The minimum absolute atomic E-state index is 0.142. The van der Waals surface area contributed by atoms with E-state index in [-0.39, 0.29) is 18.2 Å². The molecule has 0 spiro atoms. The fraction of sp³-hybridized carbons (Fsp3) is 0.350. The van der Waals surface area contributed by atoms with Crippen LogP contribution in [0.2, 0.25) is 5.02 Å². The average Bonchev–Trinajstić information content (AvgIpc) is 2.95. The molecule has 7 nitrogen and oxygen atoms in total. The highest BCUT2D eigenvalue weighted by atomic mass is 35.5. The molecule has 1 aromatic carbocycles. The third kappa shape index (κ3) is 6.24. The second kappa shape index (κ2) is 9.86. The SMILES string of the molecule is CCOC(=O)c1cc(C)n(CC(=O)OCC(=O)Nc2ccc(Cl)cc2C(F)(F)F)c1C. The molecule has 1 aromatic heterocycles. The van der Waals surface area contributed by atoms with Crippen molar-refractivity contribution in [3.63, 3.8) is 0 Å². The fourth-order valence-corrected chi connectivity index (χ4v) is 3.00. The largest absolute Gasteiger partial charge is 0.462 e. The van der Waals surface area contributed by atoms with Crippen LogP contribution in [0.15, 0.2) is 24.3 Å². The summed E-state index contributed by atoms with van der Waals surface area (Å²) in [6.45, 7) is 4.08. The summed E-state index contributed by atoms with van der Waals surface area (Å²) >= 11 is 5.59. The van der Waals surface area contributed by atoms with E-state index in [9.17, 15) is 27.6 Å². The van der Waals surface area contributed by atoms with Crippen LogP contribution in [0.1, 0.15) is 34.2 Å². The predicted molar refractivity (Wildman–Crippen MR) is 106 cm³/mol. The van der Waals surface area contributed by atoms with Gasteiger partial charge in [-0.25, -0.2) is 4.79 Å². The number of carbonyl (C=O) groups is 3. The number of esters is 2. The third-order valence-electron chi connectivity index (χ3n) is 4.28. The van der Waals surface area contributed by atoms with Gasteiger partial charge in [0.1, 0.15) is 6.54 Å². The number of hydrogen-bond acceptors (Lipinski definition) is 5. The lowest BCUT2D eigenvalue weighted by Gasteiger charge is -2.14. The molecule has 2 rings (SSSR count). The Labute approximate surface area is 181 Å². The first-order valence-electron chi connectivity index (χ1n) is 9.10. The van der Waals surface area contributed by atoms with Gasteiger partial charge in [-0.05, 0) is 45.0 Å². The molecule has 0 atom stereocenters. The molecule has 31 heavy (non-hydrogen) atoms. The van der Waals surface area contributed by atoms with Gasteiger partial charge >= 0.3 is 18.1 Å². The van der Waals surface area contributed by atoms with Crippen LogP contribution in [-0.2, 0) is 31.8 Å². The van der Waals surface area contributed by atoms with Gasteiger partial charge in [-0.15, -0.1) is 0 Å². The van der Waals surface area contributed by atoms with E-state index in [0.29, 0.717) is 23.0 Å². The molecular weight excluding hydrogens is 441 g/mol. The van der Waals surface area contributed by atoms with Gasteiger partial charge in [0.2, 0.25) is 0 Å². The van der Waals surface area contributed by atoms with Crippen LogP contribution in [0.4, 0.5) is 18.9 Å². The number of amides is 1. The third-order valence-corrected chi connectivity index (χ3v) is 4.52. The minimum atomic E-state index is -4.73. The molecule has 168 valence electrons. The zero-order chi connectivity index (χ0) is 23.3. The summed E-state index contributed by atoms with van der Waals surface area (Å²) in [5.41, 5.74) is -0.252. The van der Waals surface area contributed by atoms with Crippen molar-refractivity contribution in [1.29, 1.82) is 0 Å². The first kappa shape index (κ1) is 24.3. The number of nitrogens with one attached hydrogen (secondary N) is 1. The van der Waals surface area contributed by atoms with Crippen LogP contribution in [0.5, 0.6) is 0 Å². The summed E-state index contributed by atoms with van der Waals surface area (Å²) in [6, 6.07) is 4.44. The van der Waals surface area contributed by atoms with E-state index in [4.69, 9.17) is 21.1 Å². The molecule has 0 fully saturated rings. The van der Waals surface area contributed by atoms with Crippen molar-refractivity contribution in [2.75, 3.05) is 18.5 Å². The molecule has 2 aromatic rings. The van der Waals surface area contributed by atoms with Crippen molar-refractivity contribution in [2.45, 2.75) is 33.5 Å². The topological polar surface area (TPSA) is 86.6 Å². The molecule has 1 N–H and O–H groups in total. The van der Waals surface area contributed by atoms with Crippen LogP contribution in [0.3, 0.4) is 0 Å². The number of nitrogens with zero attached hydrogens (tertiary/aromatic N) is 1. The number of aryl methyl sites for hydroxylation is 1. The van der Waals surface area contributed by atoms with E-state index in [1.807, 2.05) is 0 Å². The van der Waals surface area contributed by atoms with Gasteiger partial charge in [0.25, 0.3) is 5.91 Å². The molecule has 0 saturated carbocycles. The predicted octanol–water partition coefficient (Wildman–Crippen LogP) is 4.14. The molecule has 0 unspecified atom stereocenters. The number of hydrogen-bond donors (Lipinski definition) is 1. The molecule has 0 aliphatic carbocycles. The van der Waals surface area contributed by atoms with E-state index in [1.54, 1.807) is 26.8 Å². The summed E-state index contributed by atoms with van der Waals surface area (Å²) in [6.07, 6.45) is -4.73.